The van der Waals surface area contributed by atoms with E-state index >= 15 is 0 Å². The van der Waals surface area contributed by atoms with Crippen LogP contribution in [0.2, 0.25) is 0 Å². The Bertz CT molecular complexity index is 1050. The Balaban J connectivity index is 1.72. The van der Waals surface area contributed by atoms with E-state index in [9.17, 15) is 4.79 Å². The van der Waals surface area contributed by atoms with Crippen molar-refractivity contribution in [1.29, 1.82) is 0 Å². The lowest BCUT2D eigenvalue weighted by molar-refractivity contribution is 0.0929. The smallest absolute Gasteiger partial charge is 0.307 e. The van der Waals surface area contributed by atoms with Gasteiger partial charge in [-0.05, 0) is 78.4 Å². The summed E-state index contributed by atoms with van der Waals surface area (Å²) in [7, 11) is 1.58. The second-order valence-corrected chi connectivity index (χ2v) is 8.27. The van der Waals surface area contributed by atoms with Crippen LogP contribution in [-0.2, 0) is 0 Å². The van der Waals surface area contributed by atoms with E-state index < -0.39 is 5.91 Å². The number of benzene rings is 2. The number of rotatable bonds is 6. The summed E-state index contributed by atoms with van der Waals surface area (Å²) in [6, 6.07) is 10.9. The molecule has 0 bridgehead atoms. The Hall–Kier alpha value is -2.07. The third kappa shape index (κ3) is 4.85. The largest absolute Gasteiger partial charge is 0.493 e. The fourth-order valence-electron chi connectivity index (χ4n) is 2.52. The van der Waals surface area contributed by atoms with Gasteiger partial charge >= 0.3 is 5.91 Å². The standard InChI is InChI=1S/C20H18BrIN2O4/c1-11(2)27-16-5-4-12(6-17(16)26-3)10-23-24-20(25)18-8-13-7-14(21)9-15(22)19(13)28-18/h4-11H,1-3H3,(H,24,25). The first-order chi connectivity index (χ1) is 13.4. The molecule has 0 aliphatic carbocycles. The van der Waals surface area contributed by atoms with Crippen LogP contribution in [0.1, 0.15) is 30.0 Å². The molecule has 0 radical (unpaired) electrons. The van der Waals surface area contributed by atoms with Gasteiger partial charge in [0, 0.05) is 9.86 Å². The van der Waals surface area contributed by atoms with Gasteiger partial charge in [0.1, 0.15) is 5.58 Å². The number of nitrogens with zero attached hydrogens (tertiary/aromatic N) is 1. The first-order valence-corrected chi connectivity index (χ1v) is 10.3. The zero-order chi connectivity index (χ0) is 20.3. The van der Waals surface area contributed by atoms with Crippen molar-refractivity contribution in [2.24, 2.45) is 5.10 Å². The van der Waals surface area contributed by atoms with Crippen LogP contribution in [0.15, 0.2) is 50.4 Å². The Morgan fingerprint density at radius 2 is 2.04 bits per heavy atom. The highest BCUT2D eigenvalue weighted by molar-refractivity contribution is 14.1. The molecular weight excluding hydrogens is 539 g/mol. The van der Waals surface area contributed by atoms with Crippen molar-refractivity contribution in [3.05, 3.63) is 55.8 Å². The lowest BCUT2D eigenvalue weighted by Gasteiger charge is -2.13. The molecule has 8 heteroatoms. The number of hydrazone groups is 1. The molecule has 3 aromatic rings. The highest BCUT2D eigenvalue weighted by Crippen LogP contribution is 2.29. The van der Waals surface area contributed by atoms with Crippen molar-refractivity contribution < 1.29 is 18.7 Å². The van der Waals surface area contributed by atoms with Crippen LogP contribution in [0, 0.1) is 3.57 Å². The molecular formula is C20H18BrIN2O4. The molecule has 0 spiro atoms. The predicted octanol–water partition coefficient (Wildman–Crippen LogP) is 5.36. The Morgan fingerprint density at radius 1 is 1.25 bits per heavy atom. The molecule has 0 fully saturated rings. The van der Waals surface area contributed by atoms with Crippen LogP contribution in [0.4, 0.5) is 0 Å². The van der Waals surface area contributed by atoms with E-state index in [1.54, 1.807) is 25.3 Å². The van der Waals surface area contributed by atoms with E-state index in [1.165, 1.54) is 6.21 Å². The quantitative estimate of drug-likeness (QED) is 0.252. The molecule has 146 valence electrons. The van der Waals surface area contributed by atoms with Crippen molar-refractivity contribution in [2.75, 3.05) is 7.11 Å². The minimum Gasteiger partial charge on any atom is -0.493 e. The molecule has 0 aliphatic rings. The molecule has 1 N–H and O–H groups in total. The second kappa shape index (κ2) is 8.95. The van der Waals surface area contributed by atoms with Crippen molar-refractivity contribution >= 4 is 61.6 Å². The van der Waals surface area contributed by atoms with Crippen LogP contribution < -0.4 is 14.9 Å². The first-order valence-electron chi connectivity index (χ1n) is 8.44. The Morgan fingerprint density at radius 3 is 2.75 bits per heavy atom. The van der Waals surface area contributed by atoms with E-state index in [0.29, 0.717) is 17.1 Å². The molecule has 0 aliphatic heterocycles. The fraction of sp³-hybridized carbons (Fsp3) is 0.200. The van der Waals surface area contributed by atoms with E-state index in [1.807, 2.05) is 32.0 Å². The topological polar surface area (TPSA) is 73.1 Å². The number of halogens is 2. The van der Waals surface area contributed by atoms with E-state index in [0.717, 1.165) is 19.0 Å². The van der Waals surface area contributed by atoms with Gasteiger partial charge in [0.25, 0.3) is 0 Å². The van der Waals surface area contributed by atoms with E-state index in [2.05, 4.69) is 49.0 Å². The van der Waals surface area contributed by atoms with Gasteiger partial charge < -0.3 is 13.9 Å². The van der Waals surface area contributed by atoms with Gasteiger partial charge in [-0.1, -0.05) is 15.9 Å². The van der Waals surface area contributed by atoms with Crippen LogP contribution in [0.5, 0.6) is 11.5 Å². The molecule has 1 aromatic heterocycles. The Labute approximate surface area is 184 Å². The summed E-state index contributed by atoms with van der Waals surface area (Å²) < 4.78 is 18.5. The van der Waals surface area contributed by atoms with Crippen LogP contribution in [-0.4, -0.2) is 25.3 Å². The highest BCUT2D eigenvalue weighted by atomic mass is 127. The van der Waals surface area contributed by atoms with Crippen LogP contribution in [0.3, 0.4) is 0 Å². The second-order valence-electron chi connectivity index (χ2n) is 6.19. The SMILES string of the molecule is COc1cc(C=NNC(=O)c2cc3cc(Br)cc(I)c3o2)ccc1OC(C)C. The lowest BCUT2D eigenvalue weighted by Crippen LogP contribution is -2.16. The number of carbonyl (C=O) groups is 1. The number of carbonyl (C=O) groups excluding carboxylic acids is 1. The summed E-state index contributed by atoms with van der Waals surface area (Å²) in [5.74, 6) is 1.02. The zero-order valence-electron chi connectivity index (χ0n) is 15.5. The number of nitrogens with one attached hydrogen (secondary N) is 1. The van der Waals surface area contributed by atoms with Gasteiger partial charge in [0.15, 0.2) is 17.3 Å². The molecule has 0 saturated heterocycles. The number of hydrogen-bond donors (Lipinski definition) is 1. The highest BCUT2D eigenvalue weighted by Gasteiger charge is 2.14. The molecule has 3 rings (SSSR count). The summed E-state index contributed by atoms with van der Waals surface area (Å²) in [5, 5.41) is 4.85. The van der Waals surface area contributed by atoms with Crippen molar-refractivity contribution in [2.45, 2.75) is 20.0 Å². The lowest BCUT2D eigenvalue weighted by atomic mass is 10.2. The minimum absolute atomic E-state index is 0.0419. The maximum atomic E-state index is 12.3. The van der Waals surface area contributed by atoms with Gasteiger partial charge in [-0.15, -0.1) is 0 Å². The number of methoxy groups -OCH3 is 1. The van der Waals surface area contributed by atoms with Crippen LogP contribution >= 0.6 is 38.5 Å². The number of ether oxygens (including phenoxy) is 2. The average molecular weight is 557 g/mol. The number of hydrogen-bond acceptors (Lipinski definition) is 5. The molecule has 1 heterocycles. The Kier molecular flexibility index (Phi) is 6.61. The average Bonchev–Trinajstić information content (AvgIpc) is 3.06. The summed E-state index contributed by atoms with van der Waals surface area (Å²) >= 11 is 5.60. The molecule has 0 saturated carbocycles. The van der Waals surface area contributed by atoms with Crippen molar-refractivity contribution in [3.63, 3.8) is 0 Å². The van der Waals surface area contributed by atoms with Gasteiger partial charge in [0.2, 0.25) is 0 Å². The van der Waals surface area contributed by atoms with Gasteiger partial charge in [-0.3, -0.25) is 4.79 Å². The molecule has 6 nitrogen and oxygen atoms in total. The van der Waals surface area contributed by atoms with E-state index in [-0.39, 0.29) is 11.9 Å². The van der Waals surface area contributed by atoms with Crippen molar-refractivity contribution in [1.82, 2.24) is 5.43 Å². The molecule has 0 unspecified atom stereocenters. The normalized spacial score (nSPS) is 11.4. The third-order valence-electron chi connectivity index (χ3n) is 3.69. The number of fused-ring (bicyclic) bond motifs is 1. The summed E-state index contributed by atoms with van der Waals surface area (Å²) in [6.07, 6.45) is 1.57. The van der Waals surface area contributed by atoms with E-state index in [4.69, 9.17) is 13.9 Å². The molecule has 2 aromatic carbocycles. The van der Waals surface area contributed by atoms with Gasteiger partial charge in [0.05, 0.1) is 23.0 Å². The summed E-state index contributed by atoms with van der Waals surface area (Å²) in [5.41, 5.74) is 3.91. The summed E-state index contributed by atoms with van der Waals surface area (Å²) in [6.45, 7) is 3.89. The maximum Gasteiger partial charge on any atom is 0.307 e. The molecule has 0 atom stereocenters. The van der Waals surface area contributed by atoms with Gasteiger partial charge in [-0.2, -0.15) is 5.10 Å². The third-order valence-corrected chi connectivity index (χ3v) is 4.95. The fourth-order valence-corrected chi connectivity index (χ4v) is 4.18. The number of furan rings is 1. The van der Waals surface area contributed by atoms with Crippen molar-refractivity contribution in [3.8, 4) is 11.5 Å². The minimum atomic E-state index is -0.425. The van der Waals surface area contributed by atoms with Gasteiger partial charge in [-0.25, -0.2) is 5.43 Å². The monoisotopic (exact) mass is 556 g/mol. The van der Waals surface area contributed by atoms with Crippen LogP contribution in [0.25, 0.3) is 11.0 Å². The predicted molar refractivity (Wildman–Crippen MR) is 120 cm³/mol. The molecule has 28 heavy (non-hydrogen) atoms. The maximum absolute atomic E-state index is 12.3. The number of amides is 1. The molecule has 1 amide bonds. The zero-order valence-corrected chi connectivity index (χ0v) is 19.2. The first kappa shape index (κ1) is 20.7. The summed E-state index contributed by atoms with van der Waals surface area (Å²) in [4.78, 5) is 12.3.